The van der Waals surface area contributed by atoms with E-state index in [2.05, 4.69) is 4.72 Å². The molecule has 0 bridgehead atoms. The van der Waals surface area contributed by atoms with Gasteiger partial charge in [0, 0.05) is 24.7 Å². The van der Waals surface area contributed by atoms with Gasteiger partial charge in [0.1, 0.15) is 5.82 Å². The number of halogens is 5. The first-order valence-corrected chi connectivity index (χ1v) is 10.2. The van der Waals surface area contributed by atoms with Gasteiger partial charge in [-0.2, -0.15) is 13.2 Å². The van der Waals surface area contributed by atoms with E-state index in [1.54, 1.807) is 0 Å². The lowest BCUT2D eigenvalue weighted by molar-refractivity contribution is -0.186. The summed E-state index contributed by atoms with van der Waals surface area (Å²) in [7, 11) is -4.01. The van der Waals surface area contributed by atoms with Crippen molar-refractivity contribution in [2.24, 2.45) is 0 Å². The Morgan fingerprint density at radius 1 is 1.14 bits per heavy atom. The second-order valence-corrected chi connectivity index (χ2v) is 8.64. The van der Waals surface area contributed by atoms with E-state index < -0.39 is 27.9 Å². The van der Waals surface area contributed by atoms with Crippen molar-refractivity contribution < 1.29 is 30.8 Å². The topological polar surface area (TPSA) is 66.5 Å². The quantitative estimate of drug-likeness (QED) is 0.726. The van der Waals surface area contributed by atoms with Gasteiger partial charge in [0.05, 0.1) is 4.90 Å². The van der Waals surface area contributed by atoms with Crippen LogP contribution in [0.1, 0.15) is 16.7 Å². The van der Waals surface area contributed by atoms with Gasteiger partial charge in [-0.05, 0) is 47.4 Å². The van der Waals surface area contributed by atoms with Crippen LogP contribution in [0.3, 0.4) is 0 Å². The first-order valence-electron chi connectivity index (χ1n) is 8.39. The Morgan fingerprint density at radius 2 is 1.86 bits per heavy atom. The number of nitrogens with one attached hydrogen (secondary N) is 1. The lowest BCUT2D eigenvalue weighted by Crippen LogP contribution is -2.43. The van der Waals surface area contributed by atoms with Crippen LogP contribution in [-0.2, 0) is 34.3 Å². The normalized spacial score (nSPS) is 14.6. The number of benzene rings is 2. The van der Waals surface area contributed by atoms with Gasteiger partial charge in [-0.1, -0.05) is 23.7 Å². The molecule has 2 aromatic rings. The molecule has 0 saturated carbocycles. The zero-order chi connectivity index (χ0) is 21.4. The Labute approximate surface area is 169 Å². The van der Waals surface area contributed by atoms with Crippen LogP contribution in [0, 0.1) is 5.82 Å². The van der Waals surface area contributed by atoms with Crippen molar-refractivity contribution >= 4 is 27.5 Å². The van der Waals surface area contributed by atoms with Gasteiger partial charge >= 0.3 is 12.1 Å². The monoisotopic (exact) mass is 450 g/mol. The van der Waals surface area contributed by atoms with Gasteiger partial charge in [-0.25, -0.2) is 17.5 Å². The zero-order valence-electron chi connectivity index (χ0n) is 14.8. The summed E-state index contributed by atoms with van der Waals surface area (Å²) in [6.45, 7) is -0.628. The molecule has 3 rings (SSSR count). The third kappa shape index (κ3) is 4.88. The molecular weight excluding hydrogens is 436 g/mol. The first kappa shape index (κ1) is 21.5. The third-order valence-corrected chi connectivity index (χ3v) is 6.25. The van der Waals surface area contributed by atoms with Gasteiger partial charge in [0.25, 0.3) is 0 Å². The molecule has 0 aromatic heterocycles. The van der Waals surface area contributed by atoms with Crippen LogP contribution in [-0.4, -0.2) is 31.9 Å². The molecule has 29 heavy (non-hydrogen) atoms. The lowest BCUT2D eigenvalue weighted by Gasteiger charge is -2.29. The van der Waals surface area contributed by atoms with Crippen LogP contribution >= 0.6 is 11.6 Å². The molecule has 1 aliphatic heterocycles. The van der Waals surface area contributed by atoms with Gasteiger partial charge in [0.15, 0.2) is 0 Å². The molecule has 0 aliphatic carbocycles. The Kier molecular flexibility index (Phi) is 5.88. The molecule has 1 aliphatic rings. The summed E-state index contributed by atoms with van der Waals surface area (Å²) in [5.41, 5.74) is 1.37. The number of rotatable bonds is 4. The maximum atomic E-state index is 13.1. The van der Waals surface area contributed by atoms with Gasteiger partial charge < -0.3 is 4.90 Å². The summed E-state index contributed by atoms with van der Waals surface area (Å²) in [6.07, 6.45) is -4.80. The Bertz CT molecular complexity index is 1060. The van der Waals surface area contributed by atoms with E-state index in [0.29, 0.717) is 21.6 Å². The largest absolute Gasteiger partial charge is 0.471 e. The SMILES string of the molecule is O=C(N1CCc2ccc(S(=O)(=O)NCc3ccc(F)cc3Cl)cc2C1)C(F)(F)F. The minimum atomic E-state index is -4.99. The van der Waals surface area contributed by atoms with E-state index in [9.17, 15) is 30.8 Å². The average molecular weight is 451 g/mol. The molecular formula is C18H15ClF4N2O3S. The molecule has 2 aromatic carbocycles. The second-order valence-electron chi connectivity index (χ2n) is 6.47. The van der Waals surface area contributed by atoms with Crippen molar-refractivity contribution in [1.29, 1.82) is 0 Å². The number of fused-ring (bicyclic) bond motifs is 1. The minimum absolute atomic E-state index is 0.0550. The van der Waals surface area contributed by atoms with Crippen LogP contribution in [0.25, 0.3) is 0 Å². The molecule has 0 saturated heterocycles. The highest BCUT2D eigenvalue weighted by Crippen LogP contribution is 2.27. The summed E-state index contributed by atoms with van der Waals surface area (Å²) in [5, 5.41) is 0.0550. The van der Waals surface area contributed by atoms with Crippen LogP contribution in [0.5, 0.6) is 0 Å². The lowest BCUT2D eigenvalue weighted by atomic mass is 10.00. The number of alkyl halides is 3. The molecule has 1 N–H and O–H groups in total. The minimum Gasteiger partial charge on any atom is -0.330 e. The van der Waals surface area contributed by atoms with Crippen LogP contribution < -0.4 is 4.72 Å². The molecule has 156 valence electrons. The van der Waals surface area contributed by atoms with E-state index in [-0.39, 0.29) is 36.0 Å². The number of carbonyl (C=O) groups excluding carboxylic acids is 1. The summed E-state index contributed by atoms with van der Waals surface area (Å²) in [6, 6.07) is 7.64. The van der Waals surface area contributed by atoms with E-state index in [0.717, 1.165) is 12.1 Å². The fourth-order valence-electron chi connectivity index (χ4n) is 2.97. The molecule has 11 heteroatoms. The van der Waals surface area contributed by atoms with Crippen molar-refractivity contribution in [2.75, 3.05) is 6.54 Å². The number of nitrogens with zero attached hydrogens (tertiary/aromatic N) is 1. The van der Waals surface area contributed by atoms with Gasteiger partial charge in [-0.3, -0.25) is 4.79 Å². The Morgan fingerprint density at radius 3 is 2.52 bits per heavy atom. The van der Waals surface area contributed by atoms with Crippen molar-refractivity contribution in [3.8, 4) is 0 Å². The maximum Gasteiger partial charge on any atom is 0.471 e. The summed E-state index contributed by atoms with van der Waals surface area (Å²) < 4.78 is 78.5. The fraction of sp³-hybridized carbons (Fsp3) is 0.278. The number of carbonyl (C=O) groups is 1. The molecule has 0 spiro atoms. The molecule has 1 amide bonds. The summed E-state index contributed by atoms with van der Waals surface area (Å²) in [5.74, 6) is -2.52. The maximum absolute atomic E-state index is 13.1. The van der Waals surface area contributed by atoms with E-state index in [4.69, 9.17) is 11.6 Å². The van der Waals surface area contributed by atoms with Crippen molar-refractivity contribution in [3.05, 3.63) is 63.9 Å². The van der Waals surface area contributed by atoms with Crippen molar-refractivity contribution in [2.45, 2.75) is 30.6 Å². The molecule has 0 radical (unpaired) electrons. The predicted molar refractivity (Wildman–Crippen MR) is 97.1 cm³/mol. The van der Waals surface area contributed by atoms with E-state index in [1.165, 1.54) is 24.3 Å². The van der Waals surface area contributed by atoms with Gasteiger partial charge in [0.2, 0.25) is 10.0 Å². The molecule has 5 nitrogen and oxygen atoms in total. The van der Waals surface area contributed by atoms with Crippen LogP contribution in [0.15, 0.2) is 41.3 Å². The van der Waals surface area contributed by atoms with Crippen LogP contribution in [0.4, 0.5) is 17.6 Å². The highest BCUT2D eigenvalue weighted by molar-refractivity contribution is 7.89. The summed E-state index contributed by atoms with van der Waals surface area (Å²) >= 11 is 5.88. The molecule has 0 unspecified atom stereocenters. The smallest absolute Gasteiger partial charge is 0.330 e. The number of sulfonamides is 1. The van der Waals surface area contributed by atoms with Crippen LogP contribution in [0.2, 0.25) is 5.02 Å². The standard InChI is InChI=1S/C18H15ClF4N2O3S/c19-16-8-14(20)3-1-12(16)9-24-29(27,28)15-4-2-11-5-6-25(10-13(11)7-15)17(26)18(21,22)23/h1-4,7-8,24H,5-6,9-10H2. The number of hydrogen-bond acceptors (Lipinski definition) is 3. The number of amides is 1. The first-order chi connectivity index (χ1) is 13.5. The Hall–Kier alpha value is -2.17. The highest BCUT2D eigenvalue weighted by atomic mass is 35.5. The van der Waals surface area contributed by atoms with Crippen molar-refractivity contribution in [1.82, 2.24) is 9.62 Å². The molecule has 1 heterocycles. The zero-order valence-corrected chi connectivity index (χ0v) is 16.3. The van der Waals surface area contributed by atoms with Crippen molar-refractivity contribution in [3.63, 3.8) is 0 Å². The van der Waals surface area contributed by atoms with E-state index >= 15 is 0 Å². The predicted octanol–water partition coefficient (Wildman–Crippen LogP) is 3.40. The Balaban J connectivity index is 1.78. The molecule has 0 atom stereocenters. The fourth-order valence-corrected chi connectivity index (χ4v) is 4.27. The van der Waals surface area contributed by atoms with Gasteiger partial charge in [-0.15, -0.1) is 0 Å². The number of hydrogen-bond donors (Lipinski definition) is 1. The highest BCUT2D eigenvalue weighted by Gasteiger charge is 2.43. The second kappa shape index (κ2) is 7.92. The third-order valence-electron chi connectivity index (χ3n) is 4.50. The van der Waals surface area contributed by atoms with E-state index in [1.807, 2.05) is 0 Å². The summed E-state index contributed by atoms with van der Waals surface area (Å²) in [4.78, 5) is 11.9. The average Bonchev–Trinajstić information content (AvgIpc) is 2.65. The molecule has 0 fully saturated rings.